The van der Waals surface area contributed by atoms with Crippen LogP contribution in [0.4, 0.5) is 0 Å². The Balaban J connectivity index is 3.22. The molecule has 5 nitrogen and oxygen atoms in total. The van der Waals surface area contributed by atoms with Crippen LogP contribution in [0, 0.1) is 0 Å². The lowest BCUT2D eigenvalue weighted by Gasteiger charge is -1.93. The zero-order valence-electron chi connectivity index (χ0n) is 5.83. The Hall–Kier alpha value is -1.30. The van der Waals surface area contributed by atoms with Gasteiger partial charge in [0, 0.05) is 0 Å². The van der Waals surface area contributed by atoms with Gasteiger partial charge in [0.15, 0.2) is 5.11 Å². The molecule has 0 saturated carbocycles. The maximum atomic E-state index is 11.1. The van der Waals surface area contributed by atoms with E-state index in [1.54, 1.807) is 0 Å². The summed E-state index contributed by atoms with van der Waals surface area (Å²) in [7, 11) is 1.40. The van der Waals surface area contributed by atoms with Crippen LogP contribution in [-0.4, -0.2) is 22.0 Å². The zero-order chi connectivity index (χ0) is 8.43. The van der Waals surface area contributed by atoms with Crippen LogP contribution in [-0.2, 0) is 0 Å². The molecule has 0 spiro atoms. The van der Waals surface area contributed by atoms with Crippen LogP contribution < -0.4 is 16.0 Å². The minimum Gasteiger partial charge on any atom is -0.490 e. The first-order valence-electron chi connectivity index (χ1n) is 2.81. The largest absolute Gasteiger partial charge is 0.490 e. The Kier molecular flexibility index (Phi) is 1.95. The fourth-order valence-corrected chi connectivity index (χ4v) is 0.799. The van der Waals surface area contributed by atoms with E-state index in [9.17, 15) is 4.79 Å². The molecular formula is C5H7N3O2S. The molecule has 0 amide bonds. The monoisotopic (exact) mass is 173 g/mol. The summed E-state index contributed by atoms with van der Waals surface area (Å²) in [5, 5.41) is 2.51. The number of rotatable bonds is 1. The number of nitrogens with zero attached hydrogens (tertiary/aromatic N) is 1. The summed E-state index contributed by atoms with van der Waals surface area (Å²) >= 11 is 4.56. The van der Waals surface area contributed by atoms with E-state index in [2.05, 4.69) is 17.3 Å². The van der Waals surface area contributed by atoms with E-state index < -0.39 is 0 Å². The van der Waals surface area contributed by atoms with Crippen LogP contribution in [0.1, 0.15) is 0 Å². The standard InChI is InChI=1S/C5H7N3O2S/c1-10-3-2-7-8(4(3)9)5(6)11/h2,7H,1H3,(H2,6,11). The lowest BCUT2D eigenvalue weighted by molar-refractivity contribution is 0.410. The molecule has 0 aliphatic carbocycles. The normalized spacial score (nSPS) is 9.55. The lowest BCUT2D eigenvalue weighted by atomic mass is 10.6. The molecule has 0 aliphatic rings. The highest BCUT2D eigenvalue weighted by Crippen LogP contribution is 1.96. The maximum Gasteiger partial charge on any atom is 0.315 e. The molecule has 0 unspecified atom stereocenters. The van der Waals surface area contributed by atoms with E-state index in [0.29, 0.717) is 0 Å². The average molecular weight is 173 g/mol. The van der Waals surface area contributed by atoms with Crippen molar-refractivity contribution in [1.82, 2.24) is 9.78 Å². The smallest absolute Gasteiger partial charge is 0.315 e. The first-order chi connectivity index (χ1) is 5.16. The van der Waals surface area contributed by atoms with Gasteiger partial charge in [-0.05, 0) is 12.2 Å². The van der Waals surface area contributed by atoms with E-state index >= 15 is 0 Å². The molecule has 3 N–H and O–H groups in total. The molecule has 0 bridgehead atoms. The van der Waals surface area contributed by atoms with Crippen molar-refractivity contribution in [3.63, 3.8) is 0 Å². The van der Waals surface area contributed by atoms with Gasteiger partial charge < -0.3 is 10.5 Å². The van der Waals surface area contributed by atoms with Gasteiger partial charge in [-0.2, -0.15) is 4.68 Å². The second kappa shape index (κ2) is 2.75. The number of nitrogens with one attached hydrogen (secondary N) is 1. The van der Waals surface area contributed by atoms with Crippen molar-refractivity contribution < 1.29 is 4.74 Å². The first kappa shape index (κ1) is 7.80. The van der Waals surface area contributed by atoms with Crippen molar-refractivity contribution in [2.75, 3.05) is 7.11 Å². The number of aromatic amines is 1. The highest BCUT2D eigenvalue weighted by atomic mass is 32.1. The summed E-state index contributed by atoms with van der Waals surface area (Å²) < 4.78 is 5.72. The highest BCUT2D eigenvalue weighted by Gasteiger charge is 2.05. The molecular weight excluding hydrogens is 166 g/mol. The molecule has 60 valence electrons. The molecule has 0 aromatic carbocycles. The summed E-state index contributed by atoms with van der Waals surface area (Å²) in [6, 6.07) is 0. The molecule has 1 heterocycles. The van der Waals surface area contributed by atoms with Gasteiger partial charge in [0.25, 0.3) is 0 Å². The SMILES string of the molecule is COc1c[nH]n(C(N)=S)c1=O. The molecule has 1 aromatic rings. The maximum absolute atomic E-state index is 11.1. The molecule has 0 fully saturated rings. The fourth-order valence-electron chi connectivity index (χ4n) is 0.664. The summed E-state index contributed by atoms with van der Waals surface area (Å²) in [6.07, 6.45) is 1.39. The predicted molar refractivity (Wildman–Crippen MR) is 43.8 cm³/mol. The Bertz CT molecular complexity index is 327. The van der Waals surface area contributed by atoms with Gasteiger partial charge in [0.2, 0.25) is 5.75 Å². The fraction of sp³-hybridized carbons (Fsp3) is 0.200. The molecule has 1 rings (SSSR count). The van der Waals surface area contributed by atoms with Crippen LogP contribution in [0.25, 0.3) is 0 Å². The van der Waals surface area contributed by atoms with Gasteiger partial charge in [-0.3, -0.25) is 9.89 Å². The predicted octanol–water partition coefficient (Wildman–Crippen LogP) is -0.723. The third-order valence-corrected chi connectivity index (χ3v) is 1.36. The van der Waals surface area contributed by atoms with Crippen molar-refractivity contribution in [2.45, 2.75) is 0 Å². The van der Waals surface area contributed by atoms with Gasteiger partial charge in [-0.1, -0.05) is 0 Å². The minimum atomic E-state index is -0.375. The van der Waals surface area contributed by atoms with E-state index in [0.717, 1.165) is 4.68 Å². The Morgan fingerprint density at radius 3 is 2.82 bits per heavy atom. The van der Waals surface area contributed by atoms with Gasteiger partial charge in [-0.15, -0.1) is 0 Å². The number of nitrogens with two attached hydrogens (primary N) is 1. The minimum absolute atomic E-state index is 0.0294. The summed E-state index contributed by atoms with van der Waals surface area (Å²) in [5.74, 6) is 0.192. The van der Waals surface area contributed by atoms with Gasteiger partial charge in [-0.25, -0.2) is 0 Å². The number of aromatic nitrogens is 2. The van der Waals surface area contributed by atoms with Crippen LogP contribution in [0.5, 0.6) is 5.75 Å². The van der Waals surface area contributed by atoms with E-state index in [1.165, 1.54) is 13.3 Å². The third kappa shape index (κ3) is 1.25. The number of hydrogen-bond donors (Lipinski definition) is 2. The van der Waals surface area contributed by atoms with Crippen molar-refractivity contribution >= 4 is 17.3 Å². The molecule has 11 heavy (non-hydrogen) atoms. The van der Waals surface area contributed by atoms with Crippen molar-refractivity contribution in [3.05, 3.63) is 16.6 Å². The number of ether oxygens (including phenoxy) is 1. The van der Waals surface area contributed by atoms with E-state index in [-0.39, 0.29) is 16.4 Å². The molecule has 0 aliphatic heterocycles. The Labute approximate surface area is 67.7 Å². The topological polar surface area (TPSA) is 73.0 Å². The van der Waals surface area contributed by atoms with Crippen LogP contribution >= 0.6 is 12.2 Å². The molecule has 0 radical (unpaired) electrons. The van der Waals surface area contributed by atoms with Crippen molar-refractivity contribution in [2.24, 2.45) is 5.73 Å². The average Bonchev–Trinajstić information content (AvgIpc) is 2.30. The van der Waals surface area contributed by atoms with Gasteiger partial charge in [0.05, 0.1) is 13.3 Å². The second-order valence-electron chi connectivity index (χ2n) is 1.82. The zero-order valence-corrected chi connectivity index (χ0v) is 6.64. The number of hydrogen-bond acceptors (Lipinski definition) is 3. The Morgan fingerprint density at radius 1 is 1.91 bits per heavy atom. The van der Waals surface area contributed by atoms with Gasteiger partial charge >= 0.3 is 5.56 Å². The van der Waals surface area contributed by atoms with E-state index in [1.807, 2.05) is 0 Å². The summed E-state index contributed by atoms with van der Waals surface area (Å²) in [4.78, 5) is 11.1. The van der Waals surface area contributed by atoms with Crippen molar-refractivity contribution in [1.29, 1.82) is 0 Å². The number of thiocarbonyl (C=S) groups is 1. The van der Waals surface area contributed by atoms with Crippen LogP contribution in [0.3, 0.4) is 0 Å². The second-order valence-corrected chi connectivity index (χ2v) is 2.24. The highest BCUT2D eigenvalue weighted by molar-refractivity contribution is 7.80. The summed E-state index contributed by atoms with van der Waals surface area (Å²) in [6.45, 7) is 0. The lowest BCUT2D eigenvalue weighted by Crippen LogP contribution is -2.30. The molecule has 6 heteroatoms. The first-order valence-corrected chi connectivity index (χ1v) is 3.22. The van der Waals surface area contributed by atoms with E-state index in [4.69, 9.17) is 10.5 Å². The quantitative estimate of drug-likeness (QED) is 0.549. The Morgan fingerprint density at radius 2 is 2.55 bits per heavy atom. The van der Waals surface area contributed by atoms with Crippen LogP contribution in [0.2, 0.25) is 0 Å². The molecule has 0 atom stereocenters. The third-order valence-electron chi connectivity index (χ3n) is 1.18. The number of H-pyrrole nitrogens is 1. The molecule has 1 aromatic heterocycles. The summed E-state index contributed by atoms with van der Waals surface area (Å²) in [5.41, 5.74) is 4.82. The van der Waals surface area contributed by atoms with Gasteiger partial charge in [0.1, 0.15) is 0 Å². The van der Waals surface area contributed by atoms with Crippen LogP contribution in [0.15, 0.2) is 11.0 Å². The molecule has 0 saturated heterocycles. The van der Waals surface area contributed by atoms with Crippen molar-refractivity contribution in [3.8, 4) is 5.75 Å². The number of methoxy groups -OCH3 is 1.